The number of ether oxygens (including phenoxy) is 1. The molecule has 5 heteroatoms. The Labute approximate surface area is 128 Å². The molecule has 2 N–H and O–H groups in total. The maximum Gasteiger partial charge on any atom is 0.406 e. The number of rotatable bonds is 4. The van der Waals surface area contributed by atoms with Crippen molar-refractivity contribution in [3.8, 4) is 11.4 Å². The van der Waals surface area contributed by atoms with Crippen LogP contribution in [0, 0.1) is 0 Å². The van der Waals surface area contributed by atoms with Gasteiger partial charge in [-0.1, -0.05) is 36.4 Å². The van der Waals surface area contributed by atoms with Gasteiger partial charge in [0.15, 0.2) is 0 Å². The van der Waals surface area contributed by atoms with Gasteiger partial charge in [-0.2, -0.15) is 0 Å². The summed E-state index contributed by atoms with van der Waals surface area (Å²) in [5.41, 5.74) is 4.12. The zero-order valence-electron chi connectivity index (χ0n) is 12.3. The normalized spacial score (nSPS) is 10.6. The van der Waals surface area contributed by atoms with Gasteiger partial charge in [0.1, 0.15) is 5.82 Å². The number of carbonyl (C=O) groups is 1. The molecule has 0 radical (unpaired) electrons. The van der Waals surface area contributed by atoms with Crippen molar-refractivity contribution in [1.82, 2.24) is 15.3 Å². The van der Waals surface area contributed by atoms with E-state index in [-0.39, 0.29) is 0 Å². The summed E-state index contributed by atoms with van der Waals surface area (Å²) in [7, 11) is 1.36. The number of alkyl carbamates (subject to hydrolysis) is 1. The van der Waals surface area contributed by atoms with E-state index in [2.05, 4.69) is 26.1 Å². The Kier molecular flexibility index (Phi) is 4.05. The summed E-state index contributed by atoms with van der Waals surface area (Å²) in [5.74, 6) is 0.862. The summed E-state index contributed by atoms with van der Waals surface area (Å²) in [6.45, 7) is 0.540. The molecule has 5 nitrogen and oxygen atoms in total. The summed E-state index contributed by atoms with van der Waals surface area (Å²) >= 11 is 0. The number of aromatic nitrogens is 2. The van der Waals surface area contributed by atoms with Crippen LogP contribution in [0.4, 0.5) is 4.79 Å². The number of imidazole rings is 1. The fraction of sp³-hybridized carbons (Fsp3) is 0.176. The molecule has 1 amide bonds. The summed E-state index contributed by atoms with van der Waals surface area (Å²) in [5, 5.41) is 2.67. The SMILES string of the molecule is COC(=O)NCCc1ccc2nc(-c3ccccc3)[nH]c2c1. The summed E-state index contributed by atoms with van der Waals surface area (Å²) in [6.07, 6.45) is 0.332. The van der Waals surface area contributed by atoms with Gasteiger partial charge >= 0.3 is 6.09 Å². The van der Waals surface area contributed by atoms with Gasteiger partial charge in [0.2, 0.25) is 0 Å². The van der Waals surface area contributed by atoms with E-state index in [1.807, 2.05) is 42.5 Å². The number of amides is 1. The van der Waals surface area contributed by atoms with Crippen molar-refractivity contribution >= 4 is 17.1 Å². The fourth-order valence-electron chi connectivity index (χ4n) is 2.33. The molecule has 0 fully saturated rings. The van der Waals surface area contributed by atoms with Crippen LogP contribution in [0.1, 0.15) is 5.56 Å². The van der Waals surface area contributed by atoms with E-state index >= 15 is 0 Å². The molecule has 3 rings (SSSR count). The topological polar surface area (TPSA) is 67.0 Å². The van der Waals surface area contributed by atoms with Crippen LogP contribution in [0.3, 0.4) is 0 Å². The quantitative estimate of drug-likeness (QED) is 0.777. The second-order valence-electron chi connectivity index (χ2n) is 4.97. The lowest BCUT2D eigenvalue weighted by Crippen LogP contribution is -2.25. The number of hydrogen-bond donors (Lipinski definition) is 2. The first kappa shape index (κ1) is 14.1. The molecule has 0 aliphatic carbocycles. The molecular formula is C17H17N3O2. The predicted molar refractivity (Wildman–Crippen MR) is 85.6 cm³/mol. The Bertz CT molecular complexity index is 781. The van der Waals surface area contributed by atoms with E-state index in [4.69, 9.17) is 0 Å². The van der Waals surface area contributed by atoms with Crippen LogP contribution >= 0.6 is 0 Å². The van der Waals surface area contributed by atoms with Gasteiger partial charge in [-0.25, -0.2) is 9.78 Å². The Morgan fingerprint density at radius 1 is 1.23 bits per heavy atom. The number of nitrogens with one attached hydrogen (secondary N) is 2. The van der Waals surface area contributed by atoms with Gasteiger partial charge in [-0.15, -0.1) is 0 Å². The first-order valence-corrected chi connectivity index (χ1v) is 7.12. The molecule has 0 spiro atoms. The number of nitrogens with zero attached hydrogens (tertiary/aromatic N) is 1. The average molecular weight is 295 g/mol. The third-order valence-electron chi connectivity index (χ3n) is 3.46. The summed E-state index contributed by atoms with van der Waals surface area (Å²) in [6, 6.07) is 16.1. The van der Waals surface area contributed by atoms with E-state index in [9.17, 15) is 4.79 Å². The Morgan fingerprint density at radius 2 is 2.05 bits per heavy atom. The third-order valence-corrected chi connectivity index (χ3v) is 3.46. The molecule has 0 unspecified atom stereocenters. The molecule has 0 atom stereocenters. The number of hydrogen-bond acceptors (Lipinski definition) is 3. The second kappa shape index (κ2) is 6.30. The number of carbonyl (C=O) groups excluding carboxylic acids is 1. The Hall–Kier alpha value is -2.82. The molecule has 2 aromatic carbocycles. The highest BCUT2D eigenvalue weighted by atomic mass is 16.5. The van der Waals surface area contributed by atoms with Crippen LogP contribution in [0.15, 0.2) is 48.5 Å². The van der Waals surface area contributed by atoms with E-state index in [1.54, 1.807) is 0 Å². The number of aromatic amines is 1. The first-order valence-electron chi connectivity index (χ1n) is 7.12. The smallest absolute Gasteiger partial charge is 0.406 e. The van der Waals surface area contributed by atoms with Crippen LogP contribution in [-0.4, -0.2) is 29.7 Å². The third kappa shape index (κ3) is 3.09. The summed E-state index contributed by atoms with van der Waals surface area (Å²) < 4.78 is 4.54. The van der Waals surface area contributed by atoms with Crippen LogP contribution in [-0.2, 0) is 11.2 Å². The molecule has 0 saturated heterocycles. The minimum atomic E-state index is -0.408. The lowest BCUT2D eigenvalue weighted by atomic mass is 10.1. The molecule has 0 aliphatic heterocycles. The zero-order valence-corrected chi connectivity index (χ0v) is 12.3. The molecule has 0 aliphatic rings. The summed E-state index contributed by atoms with van der Waals surface area (Å²) in [4.78, 5) is 19.0. The lowest BCUT2D eigenvalue weighted by molar-refractivity contribution is 0.171. The van der Waals surface area contributed by atoms with E-state index in [0.717, 1.165) is 34.4 Å². The van der Waals surface area contributed by atoms with Gasteiger partial charge in [0.05, 0.1) is 18.1 Å². The molecule has 22 heavy (non-hydrogen) atoms. The van der Waals surface area contributed by atoms with Gasteiger partial charge in [-0.05, 0) is 24.1 Å². The minimum Gasteiger partial charge on any atom is -0.453 e. The van der Waals surface area contributed by atoms with Crippen LogP contribution < -0.4 is 5.32 Å². The largest absolute Gasteiger partial charge is 0.453 e. The van der Waals surface area contributed by atoms with E-state index < -0.39 is 6.09 Å². The van der Waals surface area contributed by atoms with E-state index in [0.29, 0.717) is 6.54 Å². The van der Waals surface area contributed by atoms with Gasteiger partial charge in [-0.3, -0.25) is 0 Å². The van der Waals surface area contributed by atoms with Crippen molar-refractivity contribution in [3.05, 3.63) is 54.1 Å². The molecular weight excluding hydrogens is 278 g/mol. The molecule has 0 saturated carbocycles. The highest BCUT2D eigenvalue weighted by molar-refractivity contribution is 5.80. The number of H-pyrrole nitrogens is 1. The fourth-order valence-corrected chi connectivity index (χ4v) is 2.33. The van der Waals surface area contributed by atoms with Gasteiger partial charge in [0.25, 0.3) is 0 Å². The first-order chi connectivity index (χ1) is 10.8. The molecule has 3 aromatic rings. The highest BCUT2D eigenvalue weighted by Gasteiger charge is 2.06. The molecule has 1 heterocycles. The molecule has 1 aromatic heterocycles. The van der Waals surface area contributed by atoms with Crippen LogP contribution in [0.25, 0.3) is 22.4 Å². The monoisotopic (exact) mass is 295 g/mol. The van der Waals surface area contributed by atoms with Crippen molar-refractivity contribution in [3.63, 3.8) is 0 Å². The standard InChI is InChI=1S/C17H17N3O2/c1-22-17(21)18-10-9-12-7-8-14-15(11-12)20-16(19-14)13-5-3-2-4-6-13/h2-8,11H,9-10H2,1H3,(H,18,21)(H,19,20). The second-order valence-corrected chi connectivity index (χ2v) is 4.97. The van der Waals surface area contributed by atoms with Crippen molar-refractivity contribution in [1.29, 1.82) is 0 Å². The molecule has 112 valence electrons. The Morgan fingerprint density at radius 3 is 2.82 bits per heavy atom. The number of methoxy groups -OCH3 is 1. The maximum absolute atomic E-state index is 11.0. The zero-order chi connectivity index (χ0) is 15.4. The average Bonchev–Trinajstić information content (AvgIpc) is 2.99. The maximum atomic E-state index is 11.0. The highest BCUT2D eigenvalue weighted by Crippen LogP contribution is 2.21. The van der Waals surface area contributed by atoms with Crippen molar-refractivity contribution < 1.29 is 9.53 Å². The van der Waals surface area contributed by atoms with Crippen molar-refractivity contribution in [2.75, 3.05) is 13.7 Å². The van der Waals surface area contributed by atoms with Crippen LogP contribution in [0.5, 0.6) is 0 Å². The van der Waals surface area contributed by atoms with Crippen molar-refractivity contribution in [2.24, 2.45) is 0 Å². The lowest BCUT2D eigenvalue weighted by Gasteiger charge is -2.03. The van der Waals surface area contributed by atoms with Crippen LogP contribution in [0.2, 0.25) is 0 Å². The predicted octanol–water partition coefficient (Wildman–Crippen LogP) is 3.13. The Balaban J connectivity index is 1.77. The van der Waals surface area contributed by atoms with Gasteiger partial charge in [0, 0.05) is 12.1 Å². The van der Waals surface area contributed by atoms with Gasteiger partial charge < -0.3 is 15.0 Å². The number of fused-ring (bicyclic) bond motifs is 1. The van der Waals surface area contributed by atoms with E-state index in [1.165, 1.54) is 7.11 Å². The van der Waals surface area contributed by atoms with Crippen molar-refractivity contribution in [2.45, 2.75) is 6.42 Å². The molecule has 0 bridgehead atoms. The minimum absolute atomic E-state index is 0.408. The number of benzene rings is 2.